The van der Waals surface area contributed by atoms with Crippen LogP contribution < -0.4 is 4.90 Å². The molecule has 0 saturated heterocycles. The fraction of sp³-hybridized carbons (Fsp3) is 0.120. The number of fused-ring (bicyclic) bond motifs is 1. The quantitative estimate of drug-likeness (QED) is 0.285. The van der Waals surface area contributed by atoms with Crippen LogP contribution in [0.15, 0.2) is 78.9 Å². The molecule has 0 bridgehead atoms. The molecule has 1 aromatic heterocycles. The minimum absolute atomic E-state index is 0.107. The standard InChI is InChI=1S/C25H20F3N3O/c1-30(2)19-14-12-17(13-15-19)16-20(23(32)18-8-4-3-5-9-18)24-29-21-10-6-7-11-22(21)31(24)25(26,27)28/h3-16H,1-2H3. The van der Waals surface area contributed by atoms with Crippen LogP contribution in [0.4, 0.5) is 18.9 Å². The van der Waals surface area contributed by atoms with Gasteiger partial charge in [0.25, 0.3) is 0 Å². The lowest BCUT2D eigenvalue weighted by molar-refractivity contribution is -0.201. The third kappa shape index (κ3) is 4.14. The maximum absolute atomic E-state index is 14.1. The van der Waals surface area contributed by atoms with Gasteiger partial charge in [-0.05, 0) is 35.9 Å². The van der Waals surface area contributed by atoms with Gasteiger partial charge in [-0.3, -0.25) is 4.79 Å². The Kier molecular flexibility index (Phi) is 5.57. The molecule has 4 nitrogen and oxygen atoms in total. The number of aromatic nitrogens is 2. The fourth-order valence-corrected chi connectivity index (χ4v) is 3.48. The van der Waals surface area contributed by atoms with Crippen LogP contribution in [0, 0.1) is 0 Å². The Balaban J connectivity index is 1.96. The summed E-state index contributed by atoms with van der Waals surface area (Å²) in [5.74, 6) is -0.979. The Morgan fingerprint density at radius 3 is 2.16 bits per heavy atom. The molecule has 0 aliphatic rings. The molecule has 3 aromatic carbocycles. The van der Waals surface area contributed by atoms with Crippen LogP contribution in [0.2, 0.25) is 0 Å². The molecule has 0 aliphatic heterocycles. The first-order valence-electron chi connectivity index (χ1n) is 9.89. The van der Waals surface area contributed by atoms with Crippen LogP contribution in [0.5, 0.6) is 0 Å². The van der Waals surface area contributed by atoms with E-state index >= 15 is 0 Å². The second-order valence-electron chi connectivity index (χ2n) is 7.47. The summed E-state index contributed by atoms with van der Waals surface area (Å²) in [5.41, 5.74) is 1.72. The zero-order valence-electron chi connectivity index (χ0n) is 17.5. The number of benzene rings is 3. The van der Waals surface area contributed by atoms with Gasteiger partial charge in [-0.2, -0.15) is 0 Å². The number of carbonyl (C=O) groups excluding carboxylic acids is 1. The summed E-state index contributed by atoms with van der Waals surface area (Å²) in [6.45, 7) is 0. The number of nitrogens with zero attached hydrogens (tertiary/aromatic N) is 3. The number of hydrogen-bond acceptors (Lipinski definition) is 3. The monoisotopic (exact) mass is 435 g/mol. The number of rotatable bonds is 5. The number of allylic oxidation sites excluding steroid dienone is 1. The second kappa shape index (κ2) is 8.34. The van der Waals surface area contributed by atoms with Gasteiger partial charge in [0.05, 0.1) is 16.6 Å². The van der Waals surface area contributed by atoms with E-state index in [9.17, 15) is 18.0 Å². The van der Waals surface area contributed by atoms with Crippen molar-refractivity contribution in [3.8, 4) is 0 Å². The zero-order valence-corrected chi connectivity index (χ0v) is 17.5. The lowest BCUT2D eigenvalue weighted by Gasteiger charge is -2.15. The van der Waals surface area contributed by atoms with E-state index < -0.39 is 17.9 Å². The summed E-state index contributed by atoms with van der Waals surface area (Å²) in [6, 6.07) is 21.4. The van der Waals surface area contributed by atoms with Crippen LogP contribution in [-0.4, -0.2) is 29.4 Å². The number of imidazole rings is 1. The molecule has 0 N–H and O–H groups in total. The largest absolute Gasteiger partial charge is 0.490 e. The number of para-hydroxylation sites is 2. The van der Waals surface area contributed by atoms with Crippen molar-refractivity contribution in [2.75, 3.05) is 19.0 Å². The van der Waals surface area contributed by atoms with Gasteiger partial charge in [0.15, 0.2) is 11.6 Å². The lowest BCUT2D eigenvalue weighted by atomic mass is 10.00. The van der Waals surface area contributed by atoms with Crippen molar-refractivity contribution in [1.29, 1.82) is 0 Å². The highest BCUT2D eigenvalue weighted by atomic mass is 19.4. The Morgan fingerprint density at radius 2 is 1.53 bits per heavy atom. The third-order valence-electron chi connectivity index (χ3n) is 5.06. The van der Waals surface area contributed by atoms with Crippen molar-refractivity contribution in [3.63, 3.8) is 0 Å². The van der Waals surface area contributed by atoms with Gasteiger partial charge in [-0.25, -0.2) is 9.55 Å². The number of carbonyl (C=O) groups is 1. The summed E-state index contributed by atoms with van der Waals surface area (Å²) in [7, 11) is 3.78. The highest BCUT2D eigenvalue weighted by Crippen LogP contribution is 2.34. The molecule has 0 spiro atoms. The van der Waals surface area contributed by atoms with Crippen LogP contribution in [0.25, 0.3) is 22.7 Å². The van der Waals surface area contributed by atoms with E-state index in [2.05, 4.69) is 4.98 Å². The number of ketones is 1. The topological polar surface area (TPSA) is 38.1 Å². The van der Waals surface area contributed by atoms with Crippen LogP contribution in [0.3, 0.4) is 0 Å². The Labute approximate surface area is 183 Å². The van der Waals surface area contributed by atoms with E-state index in [1.165, 1.54) is 24.3 Å². The predicted octanol–water partition coefficient (Wildman–Crippen LogP) is 6.00. The van der Waals surface area contributed by atoms with Crippen molar-refractivity contribution < 1.29 is 18.0 Å². The van der Waals surface area contributed by atoms with Crippen LogP contribution in [0.1, 0.15) is 21.7 Å². The van der Waals surface area contributed by atoms with Crippen molar-refractivity contribution in [3.05, 3.63) is 95.8 Å². The number of anilines is 1. The van der Waals surface area contributed by atoms with Gasteiger partial charge >= 0.3 is 6.30 Å². The molecule has 0 amide bonds. The lowest BCUT2D eigenvalue weighted by Crippen LogP contribution is -2.21. The SMILES string of the molecule is CN(C)c1ccc(C=C(C(=O)c2ccccc2)c2nc3ccccc3n2C(F)(F)F)cc1. The molecular weight excluding hydrogens is 415 g/mol. The van der Waals surface area contributed by atoms with E-state index in [4.69, 9.17) is 0 Å². The maximum atomic E-state index is 14.1. The first kappa shape index (κ1) is 21.4. The number of halogens is 3. The van der Waals surface area contributed by atoms with Gasteiger partial charge in [0.1, 0.15) is 0 Å². The van der Waals surface area contributed by atoms with Crippen molar-refractivity contribution in [1.82, 2.24) is 9.55 Å². The van der Waals surface area contributed by atoms with Gasteiger partial charge in [0, 0.05) is 25.3 Å². The summed E-state index contributed by atoms with van der Waals surface area (Å²) in [5, 5.41) is 0. The molecule has 0 atom stereocenters. The molecule has 0 unspecified atom stereocenters. The molecular formula is C25H20F3N3O. The van der Waals surface area contributed by atoms with Crippen molar-refractivity contribution in [2.45, 2.75) is 6.30 Å². The minimum Gasteiger partial charge on any atom is -0.378 e. The summed E-state index contributed by atoms with van der Waals surface area (Å²) < 4.78 is 42.5. The summed E-state index contributed by atoms with van der Waals surface area (Å²) in [4.78, 5) is 19.5. The number of alkyl halides is 3. The number of hydrogen-bond donors (Lipinski definition) is 0. The van der Waals surface area contributed by atoms with E-state index in [0.29, 0.717) is 5.56 Å². The molecule has 4 rings (SSSR count). The molecule has 0 aliphatic carbocycles. The van der Waals surface area contributed by atoms with Gasteiger partial charge in [-0.15, -0.1) is 13.2 Å². The van der Waals surface area contributed by atoms with E-state index in [1.807, 2.05) is 31.1 Å². The average molecular weight is 435 g/mol. The molecule has 7 heteroatoms. The highest BCUT2D eigenvalue weighted by Gasteiger charge is 2.37. The molecule has 32 heavy (non-hydrogen) atoms. The molecule has 1 heterocycles. The normalized spacial score (nSPS) is 12.2. The molecule has 0 radical (unpaired) electrons. The molecule has 162 valence electrons. The van der Waals surface area contributed by atoms with Gasteiger partial charge < -0.3 is 4.90 Å². The van der Waals surface area contributed by atoms with Crippen molar-refractivity contribution >= 4 is 34.2 Å². The molecule has 4 aromatic rings. The second-order valence-corrected chi connectivity index (χ2v) is 7.47. The van der Waals surface area contributed by atoms with Crippen molar-refractivity contribution in [2.24, 2.45) is 0 Å². The molecule has 0 saturated carbocycles. The Bertz CT molecular complexity index is 1290. The van der Waals surface area contributed by atoms with Crippen LogP contribution >= 0.6 is 0 Å². The minimum atomic E-state index is -4.75. The first-order valence-corrected chi connectivity index (χ1v) is 9.89. The number of Topliss-reactive ketones (excluding diaryl/α,β-unsaturated/α-hetero) is 1. The van der Waals surface area contributed by atoms with E-state index in [1.54, 1.807) is 48.5 Å². The van der Waals surface area contributed by atoms with E-state index in [-0.39, 0.29) is 26.7 Å². The first-order chi connectivity index (χ1) is 15.3. The zero-order chi connectivity index (χ0) is 22.9. The molecule has 0 fully saturated rings. The third-order valence-corrected chi connectivity index (χ3v) is 5.06. The fourth-order valence-electron chi connectivity index (χ4n) is 3.48. The van der Waals surface area contributed by atoms with Gasteiger partial charge in [0.2, 0.25) is 0 Å². The van der Waals surface area contributed by atoms with Gasteiger partial charge in [-0.1, -0.05) is 54.6 Å². The predicted molar refractivity (Wildman–Crippen MR) is 120 cm³/mol. The Hall–Kier alpha value is -3.87. The van der Waals surface area contributed by atoms with E-state index in [0.717, 1.165) is 5.69 Å². The summed E-state index contributed by atoms with van der Waals surface area (Å²) in [6.07, 6.45) is -3.30. The highest BCUT2D eigenvalue weighted by molar-refractivity contribution is 6.32. The van der Waals surface area contributed by atoms with Crippen LogP contribution in [-0.2, 0) is 6.30 Å². The maximum Gasteiger partial charge on any atom is 0.490 e. The average Bonchev–Trinajstić information content (AvgIpc) is 3.17. The Morgan fingerprint density at radius 1 is 0.906 bits per heavy atom. The summed E-state index contributed by atoms with van der Waals surface area (Å²) >= 11 is 0. The smallest absolute Gasteiger partial charge is 0.378 e.